The number of aromatic hydroxyl groups is 2. The van der Waals surface area contributed by atoms with Crippen molar-refractivity contribution in [2.45, 2.75) is 0 Å². The molecule has 32 heavy (non-hydrogen) atoms. The van der Waals surface area contributed by atoms with Crippen molar-refractivity contribution in [3.05, 3.63) is 59.7 Å². The van der Waals surface area contributed by atoms with Gasteiger partial charge < -0.3 is 29.5 Å². The first-order valence-corrected chi connectivity index (χ1v) is 9.81. The van der Waals surface area contributed by atoms with Gasteiger partial charge in [-0.15, -0.1) is 0 Å². The van der Waals surface area contributed by atoms with Gasteiger partial charge in [0.1, 0.15) is 11.5 Å². The smallest absolute Gasteiger partial charge is 0.338 e. The van der Waals surface area contributed by atoms with E-state index in [2.05, 4.69) is 0 Å². The SMILES string of the molecule is O=C(OCC(=O)N1CCN(C(=O)COC(=O)c2ccc(O)cc2)CC1)c1ccc(O)cc1. The lowest BCUT2D eigenvalue weighted by Crippen LogP contribution is -2.52. The molecule has 168 valence electrons. The monoisotopic (exact) mass is 442 g/mol. The topological polar surface area (TPSA) is 134 Å². The molecule has 0 radical (unpaired) electrons. The van der Waals surface area contributed by atoms with Crippen LogP contribution in [0, 0.1) is 0 Å². The molecule has 1 heterocycles. The van der Waals surface area contributed by atoms with Crippen LogP contribution >= 0.6 is 0 Å². The van der Waals surface area contributed by atoms with Crippen LogP contribution in [0.4, 0.5) is 0 Å². The molecule has 0 unspecified atom stereocenters. The summed E-state index contributed by atoms with van der Waals surface area (Å²) in [7, 11) is 0. The molecule has 1 saturated heterocycles. The van der Waals surface area contributed by atoms with E-state index in [1.165, 1.54) is 58.3 Å². The zero-order valence-electron chi connectivity index (χ0n) is 17.1. The normalized spacial score (nSPS) is 13.4. The van der Waals surface area contributed by atoms with Gasteiger partial charge in [-0.1, -0.05) is 0 Å². The number of hydrogen-bond acceptors (Lipinski definition) is 8. The summed E-state index contributed by atoms with van der Waals surface area (Å²) in [6, 6.07) is 10.9. The molecule has 10 heteroatoms. The third-order valence-electron chi connectivity index (χ3n) is 4.84. The van der Waals surface area contributed by atoms with E-state index in [1.54, 1.807) is 0 Å². The van der Waals surface area contributed by atoms with Crippen molar-refractivity contribution >= 4 is 23.8 Å². The Morgan fingerprint density at radius 2 is 0.938 bits per heavy atom. The zero-order chi connectivity index (χ0) is 23.1. The van der Waals surface area contributed by atoms with Crippen molar-refractivity contribution in [2.24, 2.45) is 0 Å². The van der Waals surface area contributed by atoms with Crippen LogP contribution in [-0.4, -0.2) is 83.2 Å². The minimum atomic E-state index is -0.678. The third-order valence-corrected chi connectivity index (χ3v) is 4.84. The number of ether oxygens (including phenoxy) is 2. The largest absolute Gasteiger partial charge is 0.508 e. The summed E-state index contributed by atoms with van der Waals surface area (Å²) in [4.78, 5) is 51.4. The van der Waals surface area contributed by atoms with Crippen molar-refractivity contribution < 1.29 is 38.9 Å². The minimum Gasteiger partial charge on any atom is -0.508 e. The Morgan fingerprint density at radius 3 is 1.25 bits per heavy atom. The molecule has 1 fully saturated rings. The number of esters is 2. The standard InChI is InChI=1S/C22H22N2O8/c25-17-5-1-15(2-6-17)21(29)31-13-19(27)23-9-11-24(12-10-23)20(28)14-32-22(30)16-3-7-18(26)8-4-16/h1-8,25-26H,9-14H2. The maximum absolute atomic E-state index is 12.3. The van der Waals surface area contributed by atoms with Crippen LogP contribution in [0.3, 0.4) is 0 Å². The number of amides is 2. The maximum atomic E-state index is 12.3. The van der Waals surface area contributed by atoms with Crippen molar-refractivity contribution in [3.63, 3.8) is 0 Å². The summed E-state index contributed by atoms with van der Waals surface area (Å²) in [5, 5.41) is 18.5. The predicted octanol–water partition coefficient (Wildman–Crippen LogP) is 0.782. The van der Waals surface area contributed by atoms with Crippen LogP contribution in [0.25, 0.3) is 0 Å². The molecule has 2 N–H and O–H groups in total. The molecule has 10 nitrogen and oxygen atoms in total. The molecule has 3 rings (SSSR count). The minimum absolute atomic E-state index is 0.0140. The molecule has 0 aromatic heterocycles. The first-order chi connectivity index (χ1) is 15.3. The fourth-order valence-electron chi connectivity index (χ4n) is 3.00. The number of nitrogens with zero attached hydrogens (tertiary/aromatic N) is 2. The fraction of sp³-hybridized carbons (Fsp3) is 0.273. The van der Waals surface area contributed by atoms with E-state index in [4.69, 9.17) is 9.47 Å². The Hall–Kier alpha value is -4.08. The second-order valence-electron chi connectivity index (χ2n) is 7.01. The lowest BCUT2D eigenvalue weighted by molar-refractivity contribution is -0.142. The molecule has 1 aliphatic heterocycles. The van der Waals surface area contributed by atoms with E-state index in [9.17, 15) is 29.4 Å². The number of phenols is 2. The first kappa shape index (κ1) is 22.6. The van der Waals surface area contributed by atoms with Crippen molar-refractivity contribution in [1.29, 1.82) is 0 Å². The van der Waals surface area contributed by atoms with E-state index in [-0.39, 0.29) is 60.6 Å². The first-order valence-electron chi connectivity index (χ1n) is 9.81. The highest BCUT2D eigenvalue weighted by Crippen LogP contribution is 2.12. The second-order valence-corrected chi connectivity index (χ2v) is 7.01. The molecule has 1 aliphatic rings. The van der Waals surface area contributed by atoms with Gasteiger partial charge in [0.2, 0.25) is 0 Å². The maximum Gasteiger partial charge on any atom is 0.338 e. The van der Waals surface area contributed by atoms with Gasteiger partial charge in [0.15, 0.2) is 13.2 Å². The molecule has 0 bridgehead atoms. The second kappa shape index (κ2) is 10.3. The van der Waals surface area contributed by atoms with E-state index >= 15 is 0 Å². The Balaban J connectivity index is 1.39. The lowest BCUT2D eigenvalue weighted by Gasteiger charge is -2.34. The Labute approximate surface area is 183 Å². The third kappa shape index (κ3) is 5.97. The highest BCUT2D eigenvalue weighted by molar-refractivity contribution is 5.92. The molecule has 2 amide bonds. The van der Waals surface area contributed by atoms with Gasteiger partial charge >= 0.3 is 11.9 Å². The number of hydrogen-bond donors (Lipinski definition) is 2. The number of carbonyl (C=O) groups is 4. The molecule has 0 aliphatic carbocycles. The molecule has 0 saturated carbocycles. The molecule has 0 spiro atoms. The van der Waals surface area contributed by atoms with Gasteiger partial charge in [0.05, 0.1) is 11.1 Å². The molecule has 0 atom stereocenters. The number of benzene rings is 2. The Kier molecular flexibility index (Phi) is 7.27. The van der Waals surface area contributed by atoms with Crippen LogP contribution in [0.2, 0.25) is 0 Å². The summed E-state index contributed by atoms with van der Waals surface area (Å²) in [6.07, 6.45) is 0. The summed E-state index contributed by atoms with van der Waals surface area (Å²) in [5.41, 5.74) is 0.431. The summed E-state index contributed by atoms with van der Waals surface area (Å²) < 4.78 is 10.0. The number of phenolic OH excluding ortho intramolecular Hbond substituents is 2. The molecular formula is C22H22N2O8. The Bertz CT molecular complexity index is 898. The number of carbonyl (C=O) groups excluding carboxylic acids is 4. The lowest BCUT2D eigenvalue weighted by atomic mass is 10.2. The van der Waals surface area contributed by atoms with Gasteiger partial charge in [-0.3, -0.25) is 9.59 Å². The average molecular weight is 442 g/mol. The Morgan fingerprint density at radius 1 is 0.625 bits per heavy atom. The van der Waals surface area contributed by atoms with Gasteiger partial charge in [0.25, 0.3) is 11.8 Å². The van der Waals surface area contributed by atoms with Crippen molar-refractivity contribution in [1.82, 2.24) is 9.80 Å². The molecule has 2 aromatic carbocycles. The summed E-state index contributed by atoms with van der Waals surface area (Å²) in [6.45, 7) is 0.163. The zero-order valence-corrected chi connectivity index (χ0v) is 17.1. The van der Waals surface area contributed by atoms with E-state index in [1.807, 2.05) is 0 Å². The van der Waals surface area contributed by atoms with E-state index in [0.29, 0.717) is 0 Å². The van der Waals surface area contributed by atoms with Crippen LogP contribution in [0.5, 0.6) is 11.5 Å². The average Bonchev–Trinajstić information content (AvgIpc) is 2.81. The van der Waals surface area contributed by atoms with Crippen molar-refractivity contribution in [3.8, 4) is 11.5 Å². The van der Waals surface area contributed by atoms with E-state index < -0.39 is 25.2 Å². The fourth-order valence-corrected chi connectivity index (χ4v) is 3.00. The van der Waals surface area contributed by atoms with Gasteiger partial charge in [-0.2, -0.15) is 0 Å². The summed E-state index contributed by atoms with van der Waals surface area (Å²) in [5.74, 6) is -2.10. The quantitative estimate of drug-likeness (QED) is 0.627. The molecular weight excluding hydrogens is 420 g/mol. The number of rotatable bonds is 6. The highest BCUT2D eigenvalue weighted by atomic mass is 16.5. The van der Waals surface area contributed by atoms with Crippen LogP contribution in [0.1, 0.15) is 20.7 Å². The summed E-state index contributed by atoms with van der Waals surface area (Å²) >= 11 is 0. The van der Waals surface area contributed by atoms with Crippen molar-refractivity contribution in [2.75, 3.05) is 39.4 Å². The van der Waals surface area contributed by atoms with Crippen LogP contribution in [0.15, 0.2) is 48.5 Å². The predicted molar refractivity (Wildman–Crippen MR) is 110 cm³/mol. The number of piperazine rings is 1. The van der Waals surface area contributed by atoms with Crippen LogP contribution < -0.4 is 0 Å². The van der Waals surface area contributed by atoms with Gasteiger partial charge in [0, 0.05) is 26.2 Å². The highest BCUT2D eigenvalue weighted by Gasteiger charge is 2.25. The van der Waals surface area contributed by atoms with E-state index in [0.717, 1.165) is 0 Å². The van der Waals surface area contributed by atoms with Crippen LogP contribution in [-0.2, 0) is 19.1 Å². The molecule has 2 aromatic rings. The van der Waals surface area contributed by atoms with Gasteiger partial charge in [-0.05, 0) is 48.5 Å². The van der Waals surface area contributed by atoms with Gasteiger partial charge in [-0.25, -0.2) is 9.59 Å².